The quantitative estimate of drug-likeness (QED) is 0.470. The van der Waals surface area contributed by atoms with Crippen molar-refractivity contribution in [2.45, 2.75) is 51.5 Å². The molecular weight excluding hydrogens is 188 g/mol. The van der Waals surface area contributed by atoms with Gasteiger partial charge in [-0.2, -0.15) is 0 Å². The van der Waals surface area contributed by atoms with Crippen molar-refractivity contribution >= 4 is 5.91 Å². The van der Waals surface area contributed by atoms with Gasteiger partial charge in [0, 0.05) is 13.0 Å². The number of unbranched alkanes of at least 4 members (excludes halogenated alkanes) is 3. The van der Waals surface area contributed by atoms with Crippen LogP contribution in [0.5, 0.6) is 0 Å². The lowest BCUT2D eigenvalue weighted by molar-refractivity contribution is -0.122. The van der Waals surface area contributed by atoms with Gasteiger partial charge in [-0.05, 0) is 19.3 Å². The highest BCUT2D eigenvalue weighted by Gasteiger charge is 2.11. The Labute approximate surface area is 92.8 Å². The fourth-order valence-electron chi connectivity index (χ4n) is 1.25. The summed E-state index contributed by atoms with van der Waals surface area (Å²) < 4.78 is 0. The molecule has 0 aliphatic rings. The van der Waals surface area contributed by atoms with Gasteiger partial charge in [0.05, 0.1) is 6.04 Å². The molecule has 1 amide bonds. The van der Waals surface area contributed by atoms with Gasteiger partial charge in [-0.15, -0.1) is 12.3 Å². The molecule has 0 radical (unpaired) electrons. The molecule has 86 valence electrons. The number of nitrogens with one attached hydrogen (secondary N) is 1. The molecule has 0 spiro atoms. The third-order valence-corrected chi connectivity index (χ3v) is 2.25. The summed E-state index contributed by atoms with van der Waals surface area (Å²) in [5.41, 5.74) is 5.70. The molecule has 0 saturated carbocycles. The van der Waals surface area contributed by atoms with Crippen LogP contribution in [0.25, 0.3) is 0 Å². The Morgan fingerprint density at radius 3 is 2.80 bits per heavy atom. The Kier molecular flexibility index (Phi) is 8.90. The predicted molar refractivity (Wildman–Crippen MR) is 63.2 cm³/mol. The Bertz CT molecular complexity index is 208. The van der Waals surface area contributed by atoms with Crippen LogP contribution < -0.4 is 11.1 Å². The van der Waals surface area contributed by atoms with E-state index in [-0.39, 0.29) is 11.9 Å². The predicted octanol–water partition coefficient (Wildman–Crippen LogP) is 1.42. The van der Waals surface area contributed by atoms with E-state index in [0.29, 0.717) is 6.54 Å². The highest BCUT2D eigenvalue weighted by atomic mass is 16.2. The molecule has 0 heterocycles. The van der Waals surface area contributed by atoms with Crippen LogP contribution in [-0.4, -0.2) is 18.5 Å². The SMILES string of the molecule is C#CCCCCNC(=O)[C@@H](N)CCCC. The first-order valence-corrected chi connectivity index (χ1v) is 5.69. The van der Waals surface area contributed by atoms with Crippen molar-refractivity contribution in [3.8, 4) is 12.3 Å². The van der Waals surface area contributed by atoms with Gasteiger partial charge in [-0.3, -0.25) is 4.79 Å². The molecule has 0 aromatic heterocycles. The lowest BCUT2D eigenvalue weighted by Crippen LogP contribution is -2.40. The fraction of sp³-hybridized carbons (Fsp3) is 0.750. The van der Waals surface area contributed by atoms with Crippen LogP contribution in [0.4, 0.5) is 0 Å². The summed E-state index contributed by atoms with van der Waals surface area (Å²) in [6.45, 7) is 2.77. The molecule has 3 heteroatoms. The minimum absolute atomic E-state index is 0.0378. The second-order valence-electron chi connectivity index (χ2n) is 3.70. The summed E-state index contributed by atoms with van der Waals surface area (Å²) in [5, 5.41) is 2.82. The normalized spacial score (nSPS) is 11.8. The van der Waals surface area contributed by atoms with E-state index in [1.54, 1.807) is 0 Å². The highest BCUT2D eigenvalue weighted by molar-refractivity contribution is 5.81. The maximum atomic E-state index is 11.4. The average Bonchev–Trinajstić information content (AvgIpc) is 2.25. The number of terminal acetylenes is 1. The number of hydrogen-bond donors (Lipinski definition) is 2. The van der Waals surface area contributed by atoms with Crippen molar-refractivity contribution in [1.29, 1.82) is 0 Å². The van der Waals surface area contributed by atoms with E-state index in [2.05, 4.69) is 18.2 Å². The lowest BCUT2D eigenvalue weighted by atomic mass is 10.1. The van der Waals surface area contributed by atoms with E-state index in [1.807, 2.05) is 0 Å². The first-order chi connectivity index (χ1) is 7.22. The largest absolute Gasteiger partial charge is 0.355 e. The Hall–Kier alpha value is -1.01. The van der Waals surface area contributed by atoms with Crippen molar-refractivity contribution in [3.05, 3.63) is 0 Å². The summed E-state index contributed by atoms with van der Waals surface area (Å²) in [4.78, 5) is 11.4. The van der Waals surface area contributed by atoms with Crippen LogP contribution >= 0.6 is 0 Å². The van der Waals surface area contributed by atoms with Crippen LogP contribution in [-0.2, 0) is 4.79 Å². The van der Waals surface area contributed by atoms with E-state index in [4.69, 9.17) is 12.2 Å². The topological polar surface area (TPSA) is 55.1 Å². The molecule has 0 bridgehead atoms. The Morgan fingerprint density at radius 2 is 2.20 bits per heavy atom. The molecule has 0 aliphatic heterocycles. The molecule has 0 aromatic carbocycles. The first kappa shape index (κ1) is 14.0. The van der Waals surface area contributed by atoms with E-state index in [1.165, 1.54) is 0 Å². The fourth-order valence-corrected chi connectivity index (χ4v) is 1.25. The van der Waals surface area contributed by atoms with Crippen LogP contribution in [0, 0.1) is 12.3 Å². The number of hydrogen-bond acceptors (Lipinski definition) is 2. The number of rotatable bonds is 8. The summed E-state index contributed by atoms with van der Waals surface area (Å²) in [7, 11) is 0. The Morgan fingerprint density at radius 1 is 1.47 bits per heavy atom. The molecule has 0 aliphatic carbocycles. The van der Waals surface area contributed by atoms with Gasteiger partial charge >= 0.3 is 0 Å². The maximum Gasteiger partial charge on any atom is 0.236 e. The molecule has 0 aromatic rings. The number of amides is 1. The van der Waals surface area contributed by atoms with E-state index < -0.39 is 0 Å². The van der Waals surface area contributed by atoms with Gasteiger partial charge in [0.25, 0.3) is 0 Å². The van der Waals surface area contributed by atoms with Gasteiger partial charge in [0.1, 0.15) is 0 Å². The molecular formula is C12H22N2O. The summed E-state index contributed by atoms with van der Waals surface area (Å²) in [6.07, 6.45) is 10.6. The van der Waals surface area contributed by atoms with Crippen molar-refractivity contribution in [3.63, 3.8) is 0 Å². The third-order valence-electron chi connectivity index (χ3n) is 2.25. The summed E-state index contributed by atoms with van der Waals surface area (Å²) in [5.74, 6) is 2.53. The first-order valence-electron chi connectivity index (χ1n) is 5.69. The van der Waals surface area contributed by atoms with E-state index in [9.17, 15) is 4.79 Å². The van der Waals surface area contributed by atoms with Gasteiger partial charge in [0.15, 0.2) is 0 Å². The molecule has 15 heavy (non-hydrogen) atoms. The molecule has 0 saturated heterocycles. The number of nitrogens with two attached hydrogens (primary N) is 1. The van der Waals surface area contributed by atoms with Crippen molar-refractivity contribution in [1.82, 2.24) is 5.32 Å². The summed E-state index contributed by atoms with van der Waals surface area (Å²) in [6, 6.07) is -0.349. The molecule has 3 N–H and O–H groups in total. The van der Waals surface area contributed by atoms with Gasteiger partial charge in [-0.1, -0.05) is 19.8 Å². The zero-order valence-corrected chi connectivity index (χ0v) is 9.59. The molecule has 1 atom stereocenters. The van der Waals surface area contributed by atoms with Gasteiger partial charge < -0.3 is 11.1 Å². The monoisotopic (exact) mass is 210 g/mol. The minimum atomic E-state index is -0.349. The third kappa shape index (κ3) is 8.02. The highest BCUT2D eigenvalue weighted by Crippen LogP contribution is 1.98. The smallest absolute Gasteiger partial charge is 0.236 e. The van der Waals surface area contributed by atoms with Crippen molar-refractivity contribution in [2.75, 3.05) is 6.54 Å². The Balaban J connectivity index is 3.43. The molecule has 3 nitrogen and oxygen atoms in total. The minimum Gasteiger partial charge on any atom is -0.355 e. The van der Waals surface area contributed by atoms with Crippen molar-refractivity contribution < 1.29 is 4.79 Å². The zero-order valence-electron chi connectivity index (χ0n) is 9.59. The molecule has 0 fully saturated rings. The van der Waals surface area contributed by atoms with Crippen LogP contribution in [0.1, 0.15) is 45.4 Å². The molecule has 0 rings (SSSR count). The van der Waals surface area contributed by atoms with Gasteiger partial charge in [-0.25, -0.2) is 0 Å². The second-order valence-corrected chi connectivity index (χ2v) is 3.70. The van der Waals surface area contributed by atoms with Crippen LogP contribution in [0.15, 0.2) is 0 Å². The maximum absolute atomic E-state index is 11.4. The van der Waals surface area contributed by atoms with Crippen molar-refractivity contribution in [2.24, 2.45) is 5.73 Å². The van der Waals surface area contributed by atoms with Gasteiger partial charge in [0.2, 0.25) is 5.91 Å². The standard InChI is InChI=1S/C12H22N2O/c1-3-5-7-8-10-14-12(15)11(13)9-6-4-2/h1,11H,4-10,13H2,2H3,(H,14,15)/t11-/m0/s1. The summed E-state index contributed by atoms with van der Waals surface area (Å²) >= 11 is 0. The van der Waals surface area contributed by atoms with E-state index >= 15 is 0 Å². The number of carbonyl (C=O) groups is 1. The lowest BCUT2D eigenvalue weighted by Gasteiger charge is -2.11. The average molecular weight is 210 g/mol. The zero-order chi connectivity index (χ0) is 11.5. The second kappa shape index (κ2) is 9.54. The van der Waals surface area contributed by atoms with Crippen LogP contribution in [0.3, 0.4) is 0 Å². The van der Waals surface area contributed by atoms with Crippen LogP contribution in [0.2, 0.25) is 0 Å². The van der Waals surface area contributed by atoms with E-state index in [0.717, 1.165) is 38.5 Å². The molecule has 0 unspecified atom stereocenters. The number of carbonyl (C=O) groups excluding carboxylic acids is 1.